The molecule has 1 saturated heterocycles. The van der Waals surface area contributed by atoms with Crippen molar-refractivity contribution in [1.29, 1.82) is 0 Å². The van der Waals surface area contributed by atoms with Gasteiger partial charge in [-0.3, -0.25) is 14.7 Å². The van der Waals surface area contributed by atoms with Crippen LogP contribution in [0.15, 0.2) is 36.4 Å². The first kappa shape index (κ1) is 25.8. The number of halogens is 3. The molecule has 196 valence electrons. The first-order chi connectivity index (χ1) is 17.5. The summed E-state index contributed by atoms with van der Waals surface area (Å²) in [6.45, 7) is 2.64. The maximum Gasteiger partial charge on any atom is 0.418 e. The number of carbonyl (C=O) groups is 3. The summed E-state index contributed by atoms with van der Waals surface area (Å²) in [6, 6.07) is 6.43. The number of anilines is 3. The van der Waals surface area contributed by atoms with E-state index >= 15 is 0 Å². The van der Waals surface area contributed by atoms with Crippen LogP contribution in [-0.4, -0.2) is 60.4 Å². The van der Waals surface area contributed by atoms with E-state index in [0.29, 0.717) is 42.9 Å². The minimum Gasteiger partial charge on any atom is -0.378 e. The predicted octanol–water partition coefficient (Wildman–Crippen LogP) is 2.67. The van der Waals surface area contributed by atoms with Crippen LogP contribution in [0.4, 0.5) is 35.0 Å². The van der Waals surface area contributed by atoms with E-state index in [2.05, 4.69) is 26.1 Å². The van der Waals surface area contributed by atoms with Crippen molar-refractivity contribution in [2.75, 3.05) is 41.8 Å². The largest absolute Gasteiger partial charge is 0.418 e. The van der Waals surface area contributed by atoms with Crippen molar-refractivity contribution in [2.24, 2.45) is 5.73 Å². The molecule has 1 aliphatic rings. The average Bonchev–Trinajstić information content (AvgIpc) is 3.27. The summed E-state index contributed by atoms with van der Waals surface area (Å²) < 4.78 is 45.9. The molecule has 0 spiro atoms. The number of alkyl halides is 3. The highest BCUT2D eigenvalue weighted by Gasteiger charge is 2.35. The number of primary amides is 1. The molecule has 11 nitrogen and oxygen atoms in total. The number of nitrogens with two attached hydrogens (primary N) is 1. The zero-order valence-electron chi connectivity index (χ0n) is 19.6. The second-order valence-corrected chi connectivity index (χ2v) is 8.34. The number of rotatable bonds is 6. The van der Waals surface area contributed by atoms with E-state index < -0.39 is 35.6 Å². The van der Waals surface area contributed by atoms with Crippen molar-refractivity contribution in [1.82, 2.24) is 15.5 Å². The Labute approximate surface area is 208 Å². The van der Waals surface area contributed by atoms with Crippen LogP contribution in [0.25, 0.3) is 10.9 Å². The van der Waals surface area contributed by atoms with E-state index in [9.17, 15) is 27.6 Å². The number of carbonyl (C=O) groups excluding carboxylic acids is 3. The first-order valence-electron chi connectivity index (χ1n) is 11.2. The predicted molar refractivity (Wildman–Crippen MR) is 129 cm³/mol. The van der Waals surface area contributed by atoms with E-state index in [1.54, 1.807) is 11.0 Å². The van der Waals surface area contributed by atoms with Gasteiger partial charge in [-0.25, -0.2) is 4.79 Å². The average molecular weight is 519 g/mol. The molecule has 6 N–H and O–H groups in total. The fraction of sp³-hybridized carbons (Fsp3) is 0.304. The van der Waals surface area contributed by atoms with Gasteiger partial charge in [-0.1, -0.05) is 0 Å². The number of H-pyrrole nitrogens is 1. The Kier molecular flexibility index (Phi) is 7.20. The first-order valence-corrected chi connectivity index (χ1v) is 11.2. The van der Waals surface area contributed by atoms with Crippen LogP contribution in [0.5, 0.6) is 0 Å². The summed E-state index contributed by atoms with van der Waals surface area (Å²) in [4.78, 5) is 37.7. The lowest BCUT2D eigenvalue weighted by Crippen LogP contribution is -2.42. The molecule has 0 unspecified atom stereocenters. The fourth-order valence-electron chi connectivity index (χ4n) is 3.82. The van der Waals surface area contributed by atoms with E-state index in [4.69, 9.17) is 10.5 Å². The molecule has 4 rings (SSSR count). The van der Waals surface area contributed by atoms with Gasteiger partial charge in [-0.15, -0.1) is 0 Å². The third kappa shape index (κ3) is 5.91. The number of morpholine rings is 1. The van der Waals surface area contributed by atoms with Gasteiger partial charge in [0, 0.05) is 29.9 Å². The zero-order chi connectivity index (χ0) is 26.7. The summed E-state index contributed by atoms with van der Waals surface area (Å²) >= 11 is 0. The van der Waals surface area contributed by atoms with E-state index in [0.717, 1.165) is 6.07 Å². The number of hydrogen-bond donors (Lipinski definition) is 5. The highest BCUT2D eigenvalue weighted by molar-refractivity contribution is 6.07. The van der Waals surface area contributed by atoms with Crippen LogP contribution in [-0.2, 0) is 15.7 Å². The Morgan fingerprint density at radius 1 is 1.08 bits per heavy atom. The number of aromatic amines is 1. The molecule has 1 aromatic heterocycles. The molecular weight excluding hydrogens is 495 g/mol. The van der Waals surface area contributed by atoms with Crippen LogP contribution < -0.4 is 26.6 Å². The lowest BCUT2D eigenvalue weighted by Gasteiger charge is -2.31. The third-order valence-corrected chi connectivity index (χ3v) is 5.72. The van der Waals surface area contributed by atoms with Crippen molar-refractivity contribution in [3.63, 3.8) is 0 Å². The van der Waals surface area contributed by atoms with Crippen molar-refractivity contribution < 1.29 is 32.3 Å². The van der Waals surface area contributed by atoms with Gasteiger partial charge < -0.3 is 31.3 Å². The minimum absolute atomic E-state index is 0.0380. The Morgan fingerprint density at radius 3 is 2.38 bits per heavy atom. The zero-order valence-corrected chi connectivity index (χ0v) is 19.6. The summed E-state index contributed by atoms with van der Waals surface area (Å²) in [5.74, 6) is -1.30. The summed E-state index contributed by atoms with van der Waals surface area (Å²) in [5.41, 5.74) is 5.31. The molecule has 1 aliphatic heterocycles. The van der Waals surface area contributed by atoms with Crippen molar-refractivity contribution in [3.05, 3.63) is 47.7 Å². The smallest absolute Gasteiger partial charge is 0.378 e. The number of benzene rings is 2. The number of ether oxygens (including phenoxy) is 1. The normalized spacial score (nSPS) is 14.8. The van der Waals surface area contributed by atoms with Gasteiger partial charge in [0.1, 0.15) is 6.04 Å². The summed E-state index contributed by atoms with van der Waals surface area (Å²) in [7, 11) is 0. The number of hydrogen-bond acceptors (Lipinski definition) is 6. The second kappa shape index (κ2) is 10.3. The quantitative estimate of drug-likeness (QED) is 0.337. The summed E-state index contributed by atoms with van der Waals surface area (Å²) in [5, 5.41) is 14.6. The second-order valence-electron chi connectivity index (χ2n) is 8.34. The van der Waals surface area contributed by atoms with Gasteiger partial charge in [-0.05, 0) is 43.3 Å². The van der Waals surface area contributed by atoms with E-state index in [1.807, 2.05) is 0 Å². The Hall–Kier alpha value is -4.33. The highest BCUT2D eigenvalue weighted by atomic mass is 19.4. The van der Waals surface area contributed by atoms with Gasteiger partial charge >= 0.3 is 12.2 Å². The van der Waals surface area contributed by atoms with Crippen molar-refractivity contribution in [2.45, 2.75) is 19.1 Å². The van der Waals surface area contributed by atoms with Gasteiger partial charge in [0.15, 0.2) is 5.69 Å². The van der Waals surface area contributed by atoms with Crippen molar-refractivity contribution in [3.8, 4) is 0 Å². The number of nitrogens with one attached hydrogen (secondary N) is 4. The SMILES string of the molecule is C[C@H](NC(=O)c1n[nH]c2cc(NC(=O)Nc3ccc(C(F)(F)F)c(N4CCOCC4)c3)ccc12)C(N)=O. The molecule has 2 aromatic carbocycles. The van der Waals surface area contributed by atoms with E-state index in [1.165, 1.54) is 31.2 Å². The molecule has 0 radical (unpaired) electrons. The topological polar surface area (TPSA) is 154 Å². The Bertz CT molecular complexity index is 1340. The molecule has 3 aromatic rings. The minimum atomic E-state index is -4.55. The molecular formula is C23H24F3N7O4. The molecule has 1 fully saturated rings. The number of nitrogens with zero attached hydrogens (tertiary/aromatic N) is 2. The van der Waals surface area contributed by atoms with Crippen molar-refractivity contribution >= 4 is 45.8 Å². The lowest BCUT2D eigenvalue weighted by atomic mass is 10.1. The summed E-state index contributed by atoms with van der Waals surface area (Å²) in [6.07, 6.45) is -4.55. The number of aromatic nitrogens is 2. The fourth-order valence-corrected chi connectivity index (χ4v) is 3.82. The maximum absolute atomic E-state index is 13.6. The molecule has 2 heterocycles. The van der Waals surface area contributed by atoms with Crippen LogP contribution in [0.3, 0.4) is 0 Å². The number of amides is 4. The molecule has 0 aliphatic carbocycles. The molecule has 37 heavy (non-hydrogen) atoms. The standard InChI is InChI=1S/C23H24F3N7O4/c1-12(20(27)34)28-21(35)19-15-4-2-13(10-17(15)31-32-19)29-22(36)30-14-3-5-16(23(24,25)26)18(11-14)33-6-8-37-9-7-33/h2-5,10-12H,6-9H2,1H3,(H2,27,34)(H,28,35)(H,31,32)(H2,29,30,36)/t12-/m0/s1. The lowest BCUT2D eigenvalue weighted by molar-refractivity contribution is -0.137. The van der Waals surface area contributed by atoms with Crippen LogP contribution >= 0.6 is 0 Å². The third-order valence-electron chi connectivity index (χ3n) is 5.72. The highest BCUT2D eigenvalue weighted by Crippen LogP contribution is 2.38. The molecule has 4 amide bonds. The van der Waals surface area contributed by atoms with E-state index in [-0.39, 0.29) is 17.1 Å². The Balaban J connectivity index is 1.48. The van der Waals surface area contributed by atoms with Gasteiger partial charge in [0.2, 0.25) is 5.91 Å². The Morgan fingerprint density at radius 2 is 1.73 bits per heavy atom. The number of fused-ring (bicyclic) bond motifs is 1. The maximum atomic E-state index is 13.6. The van der Waals surface area contributed by atoms with Crippen LogP contribution in [0.1, 0.15) is 23.0 Å². The number of urea groups is 1. The van der Waals surface area contributed by atoms with Gasteiger partial charge in [0.05, 0.1) is 30.0 Å². The van der Waals surface area contributed by atoms with Crippen LogP contribution in [0.2, 0.25) is 0 Å². The van der Waals surface area contributed by atoms with Gasteiger partial charge in [-0.2, -0.15) is 18.3 Å². The molecule has 0 saturated carbocycles. The van der Waals surface area contributed by atoms with Gasteiger partial charge in [0.25, 0.3) is 5.91 Å². The molecule has 0 bridgehead atoms. The molecule has 14 heteroatoms. The monoisotopic (exact) mass is 519 g/mol. The molecule has 1 atom stereocenters. The van der Waals surface area contributed by atoms with Crippen LogP contribution in [0, 0.1) is 0 Å².